The smallest absolute Gasteiger partial charge is 0.126 e. The molecule has 0 unspecified atom stereocenters. The number of ether oxygens (including phenoxy) is 1. The largest absolute Gasteiger partial charge is 0.496 e. The van der Waals surface area contributed by atoms with Crippen molar-refractivity contribution in [2.24, 2.45) is 0 Å². The molecule has 0 saturated heterocycles. The van der Waals surface area contributed by atoms with Crippen molar-refractivity contribution in [2.45, 2.75) is 13.0 Å². The molecule has 2 nitrogen and oxygen atoms in total. The maximum atomic E-state index is 12.9. The van der Waals surface area contributed by atoms with Gasteiger partial charge in [-0.2, -0.15) is 0 Å². The second-order valence-electron chi connectivity index (χ2n) is 5.53. The van der Waals surface area contributed by atoms with Gasteiger partial charge in [0.2, 0.25) is 0 Å². The van der Waals surface area contributed by atoms with Crippen molar-refractivity contribution in [3.63, 3.8) is 0 Å². The summed E-state index contributed by atoms with van der Waals surface area (Å²) in [6.45, 7) is 1.61. The number of rotatable bonds is 6. The standard InChI is InChI=1S/C20H20FNO/c1-23-20-11-8-16(18-4-2-3-5-19(18)20)12-13-22-14-15-6-9-17(21)10-7-15/h2-11,22H,12-14H2,1H3. The van der Waals surface area contributed by atoms with E-state index in [1.54, 1.807) is 7.11 Å². The van der Waals surface area contributed by atoms with Crippen molar-refractivity contribution in [2.75, 3.05) is 13.7 Å². The summed E-state index contributed by atoms with van der Waals surface area (Å²) >= 11 is 0. The first kappa shape index (κ1) is 15.5. The van der Waals surface area contributed by atoms with Crippen LogP contribution in [0.3, 0.4) is 0 Å². The maximum Gasteiger partial charge on any atom is 0.126 e. The molecule has 0 aliphatic heterocycles. The number of fused-ring (bicyclic) bond motifs is 1. The number of methoxy groups -OCH3 is 1. The van der Waals surface area contributed by atoms with E-state index in [9.17, 15) is 4.39 Å². The topological polar surface area (TPSA) is 21.3 Å². The molecule has 0 heterocycles. The molecule has 0 radical (unpaired) electrons. The van der Waals surface area contributed by atoms with E-state index in [0.29, 0.717) is 0 Å². The third-order valence-corrected chi connectivity index (χ3v) is 4.01. The van der Waals surface area contributed by atoms with E-state index < -0.39 is 0 Å². The summed E-state index contributed by atoms with van der Waals surface area (Å²) in [5, 5.41) is 5.79. The molecule has 3 rings (SSSR count). The van der Waals surface area contributed by atoms with Gasteiger partial charge in [0.25, 0.3) is 0 Å². The van der Waals surface area contributed by atoms with Gasteiger partial charge < -0.3 is 10.1 Å². The van der Waals surface area contributed by atoms with E-state index in [1.165, 1.54) is 23.1 Å². The quantitative estimate of drug-likeness (QED) is 0.685. The van der Waals surface area contributed by atoms with Gasteiger partial charge in [0, 0.05) is 11.9 Å². The summed E-state index contributed by atoms with van der Waals surface area (Å²) in [6.07, 6.45) is 0.936. The van der Waals surface area contributed by atoms with Crippen molar-refractivity contribution < 1.29 is 9.13 Å². The van der Waals surface area contributed by atoms with Gasteiger partial charge in [0.15, 0.2) is 0 Å². The van der Waals surface area contributed by atoms with Gasteiger partial charge in [-0.25, -0.2) is 4.39 Å². The van der Waals surface area contributed by atoms with E-state index in [2.05, 4.69) is 29.6 Å². The van der Waals surface area contributed by atoms with Gasteiger partial charge in [-0.15, -0.1) is 0 Å². The third kappa shape index (κ3) is 3.69. The van der Waals surface area contributed by atoms with Gasteiger partial charge in [0.05, 0.1) is 7.11 Å². The Bertz CT molecular complexity index is 783. The van der Waals surface area contributed by atoms with E-state index in [0.717, 1.165) is 36.2 Å². The van der Waals surface area contributed by atoms with Crippen molar-refractivity contribution in [1.29, 1.82) is 0 Å². The van der Waals surface area contributed by atoms with Crippen LogP contribution in [-0.4, -0.2) is 13.7 Å². The first-order chi connectivity index (χ1) is 11.3. The zero-order valence-electron chi connectivity index (χ0n) is 13.2. The fourth-order valence-electron chi connectivity index (χ4n) is 2.79. The fourth-order valence-corrected chi connectivity index (χ4v) is 2.79. The molecule has 23 heavy (non-hydrogen) atoms. The van der Waals surface area contributed by atoms with Gasteiger partial charge in [0.1, 0.15) is 11.6 Å². The van der Waals surface area contributed by atoms with E-state index in [-0.39, 0.29) is 5.82 Å². The van der Waals surface area contributed by atoms with Crippen LogP contribution in [0.15, 0.2) is 60.7 Å². The number of benzene rings is 3. The van der Waals surface area contributed by atoms with E-state index >= 15 is 0 Å². The number of hydrogen-bond donors (Lipinski definition) is 1. The summed E-state index contributed by atoms with van der Waals surface area (Å²) in [5.41, 5.74) is 2.39. The Morgan fingerprint density at radius 2 is 1.65 bits per heavy atom. The predicted molar refractivity (Wildman–Crippen MR) is 92.3 cm³/mol. The van der Waals surface area contributed by atoms with Crippen molar-refractivity contribution >= 4 is 10.8 Å². The van der Waals surface area contributed by atoms with Gasteiger partial charge in [-0.1, -0.05) is 42.5 Å². The highest BCUT2D eigenvalue weighted by atomic mass is 19.1. The lowest BCUT2D eigenvalue weighted by atomic mass is 10.0. The normalized spacial score (nSPS) is 10.9. The average molecular weight is 309 g/mol. The fraction of sp³-hybridized carbons (Fsp3) is 0.200. The molecule has 0 aliphatic rings. The van der Waals surface area contributed by atoms with Crippen molar-refractivity contribution in [3.05, 3.63) is 77.6 Å². The Kier molecular flexibility index (Phi) is 4.89. The monoisotopic (exact) mass is 309 g/mol. The number of nitrogens with one attached hydrogen (secondary N) is 1. The molecule has 0 atom stereocenters. The zero-order valence-corrected chi connectivity index (χ0v) is 13.2. The molecule has 0 bridgehead atoms. The van der Waals surface area contributed by atoms with Crippen LogP contribution >= 0.6 is 0 Å². The van der Waals surface area contributed by atoms with Crippen LogP contribution in [0.4, 0.5) is 4.39 Å². The minimum atomic E-state index is -0.196. The molecule has 0 aromatic heterocycles. The van der Waals surface area contributed by atoms with Gasteiger partial charge in [-0.05, 0) is 47.7 Å². The molecule has 118 valence electrons. The summed E-state index contributed by atoms with van der Waals surface area (Å²) < 4.78 is 18.3. The first-order valence-corrected chi connectivity index (χ1v) is 7.77. The van der Waals surface area contributed by atoms with Crippen LogP contribution < -0.4 is 10.1 Å². The lowest BCUT2D eigenvalue weighted by molar-refractivity contribution is 0.419. The third-order valence-electron chi connectivity index (χ3n) is 4.01. The molecule has 3 aromatic rings. The van der Waals surface area contributed by atoms with Crippen molar-refractivity contribution in [1.82, 2.24) is 5.32 Å². The Morgan fingerprint density at radius 3 is 2.39 bits per heavy atom. The Morgan fingerprint density at radius 1 is 0.913 bits per heavy atom. The van der Waals surface area contributed by atoms with Gasteiger partial charge in [-0.3, -0.25) is 0 Å². The number of hydrogen-bond acceptors (Lipinski definition) is 2. The highest BCUT2D eigenvalue weighted by Gasteiger charge is 2.05. The summed E-state index contributed by atoms with van der Waals surface area (Å²) in [7, 11) is 1.70. The van der Waals surface area contributed by atoms with Crippen LogP contribution in [0.1, 0.15) is 11.1 Å². The molecule has 0 aliphatic carbocycles. The van der Waals surface area contributed by atoms with Crippen LogP contribution in [0.5, 0.6) is 5.75 Å². The molecule has 0 fully saturated rings. The minimum Gasteiger partial charge on any atom is -0.496 e. The predicted octanol–water partition coefficient (Wildman–Crippen LogP) is 4.32. The Labute approximate surface area is 135 Å². The minimum absolute atomic E-state index is 0.196. The number of halogens is 1. The zero-order chi connectivity index (χ0) is 16.1. The molecule has 0 saturated carbocycles. The van der Waals surface area contributed by atoms with Crippen LogP contribution in [0.25, 0.3) is 10.8 Å². The maximum absolute atomic E-state index is 12.9. The molecule has 3 heteroatoms. The van der Waals surface area contributed by atoms with Gasteiger partial charge >= 0.3 is 0 Å². The van der Waals surface area contributed by atoms with Crippen LogP contribution in [0, 0.1) is 5.82 Å². The highest BCUT2D eigenvalue weighted by Crippen LogP contribution is 2.28. The van der Waals surface area contributed by atoms with E-state index in [1.807, 2.05) is 24.3 Å². The lowest BCUT2D eigenvalue weighted by Crippen LogP contribution is -2.16. The van der Waals surface area contributed by atoms with Crippen LogP contribution in [-0.2, 0) is 13.0 Å². The molecule has 0 amide bonds. The SMILES string of the molecule is COc1ccc(CCNCc2ccc(F)cc2)c2ccccc12. The second-order valence-corrected chi connectivity index (χ2v) is 5.53. The first-order valence-electron chi connectivity index (χ1n) is 7.77. The second kappa shape index (κ2) is 7.25. The van der Waals surface area contributed by atoms with E-state index in [4.69, 9.17) is 4.74 Å². The van der Waals surface area contributed by atoms with Crippen LogP contribution in [0.2, 0.25) is 0 Å². The summed E-state index contributed by atoms with van der Waals surface area (Å²) in [5.74, 6) is 0.710. The summed E-state index contributed by atoms with van der Waals surface area (Å²) in [6, 6.07) is 19.1. The van der Waals surface area contributed by atoms with Crippen molar-refractivity contribution in [3.8, 4) is 5.75 Å². The Hall–Kier alpha value is -2.39. The summed E-state index contributed by atoms with van der Waals surface area (Å²) in [4.78, 5) is 0. The molecular weight excluding hydrogens is 289 g/mol. The average Bonchev–Trinajstić information content (AvgIpc) is 2.60. The lowest BCUT2D eigenvalue weighted by Gasteiger charge is -2.11. The Balaban J connectivity index is 1.64. The molecular formula is C20H20FNO. The molecule has 3 aromatic carbocycles. The molecule has 0 spiro atoms. The highest BCUT2D eigenvalue weighted by molar-refractivity contribution is 5.91. The molecule has 1 N–H and O–H groups in total.